The number of hydrogen-bond donors (Lipinski definition) is 2. The number of carbonyl (C=O) groups is 2. The number of fused-ring (bicyclic) bond motifs is 1. The first-order chi connectivity index (χ1) is 12.8. The largest absolute Gasteiger partial charge is 0.453 e. The van der Waals surface area contributed by atoms with E-state index >= 15 is 0 Å². The van der Waals surface area contributed by atoms with Gasteiger partial charge in [-0.3, -0.25) is 4.79 Å². The normalized spacial score (nSPS) is 16.1. The van der Waals surface area contributed by atoms with Crippen LogP contribution in [0.15, 0.2) is 53.4 Å². The molecule has 1 atom stereocenters. The smallest absolute Gasteiger partial charge is 0.339 e. The monoisotopic (exact) mass is 388 g/mol. The average Bonchev–Trinajstić information content (AvgIpc) is 2.90. The van der Waals surface area contributed by atoms with Gasteiger partial charge in [-0.15, -0.1) is 0 Å². The number of hydrogen-bond acceptors (Lipinski definition) is 5. The minimum Gasteiger partial charge on any atom is -0.453 e. The first-order valence-corrected chi connectivity index (χ1v) is 9.97. The van der Waals surface area contributed by atoms with Crippen LogP contribution in [-0.2, 0) is 19.6 Å². The third-order valence-electron chi connectivity index (χ3n) is 3.99. The summed E-state index contributed by atoms with van der Waals surface area (Å²) in [6.45, 7) is 3.47. The SMILES string of the molecule is CC(C)NS(=O)(=O)c1ccc(NC(=O)CC2OC(=O)c3ccccc32)cc1. The molecule has 0 spiro atoms. The van der Waals surface area contributed by atoms with Crippen LogP contribution >= 0.6 is 0 Å². The maximum absolute atomic E-state index is 12.3. The Morgan fingerprint density at radius 2 is 1.78 bits per heavy atom. The Hall–Kier alpha value is -2.71. The Balaban J connectivity index is 1.65. The third kappa shape index (κ3) is 4.35. The van der Waals surface area contributed by atoms with Gasteiger partial charge in [0.15, 0.2) is 0 Å². The van der Waals surface area contributed by atoms with Gasteiger partial charge < -0.3 is 10.1 Å². The highest BCUT2D eigenvalue weighted by Gasteiger charge is 2.32. The Bertz CT molecular complexity index is 968. The summed E-state index contributed by atoms with van der Waals surface area (Å²) in [5.41, 5.74) is 1.63. The van der Waals surface area contributed by atoms with E-state index in [1.807, 2.05) is 0 Å². The zero-order valence-corrected chi connectivity index (χ0v) is 15.7. The highest BCUT2D eigenvalue weighted by atomic mass is 32.2. The Morgan fingerprint density at radius 1 is 1.11 bits per heavy atom. The molecule has 3 rings (SSSR count). The van der Waals surface area contributed by atoms with E-state index in [1.54, 1.807) is 38.1 Å². The van der Waals surface area contributed by atoms with Crippen molar-refractivity contribution in [3.05, 3.63) is 59.7 Å². The lowest BCUT2D eigenvalue weighted by Gasteiger charge is -2.12. The number of benzene rings is 2. The minimum absolute atomic E-state index is 0.0162. The van der Waals surface area contributed by atoms with E-state index < -0.39 is 22.1 Å². The van der Waals surface area contributed by atoms with Gasteiger partial charge in [0.1, 0.15) is 6.10 Å². The van der Waals surface area contributed by atoms with Crippen LogP contribution in [0.25, 0.3) is 0 Å². The Labute approximate surface area is 157 Å². The van der Waals surface area contributed by atoms with Crippen molar-refractivity contribution in [2.75, 3.05) is 5.32 Å². The molecule has 0 aromatic heterocycles. The van der Waals surface area contributed by atoms with Gasteiger partial charge in [0.05, 0.1) is 16.9 Å². The molecule has 1 heterocycles. The average molecular weight is 388 g/mol. The van der Waals surface area contributed by atoms with Crippen molar-refractivity contribution in [2.45, 2.75) is 37.3 Å². The molecule has 0 aliphatic carbocycles. The summed E-state index contributed by atoms with van der Waals surface area (Å²) in [6.07, 6.45) is -0.638. The zero-order chi connectivity index (χ0) is 19.6. The molecule has 0 bridgehead atoms. The van der Waals surface area contributed by atoms with Crippen LogP contribution < -0.4 is 10.0 Å². The van der Waals surface area contributed by atoms with Crippen LogP contribution in [0.1, 0.15) is 42.3 Å². The molecule has 0 radical (unpaired) electrons. The molecule has 8 heteroatoms. The molecular weight excluding hydrogens is 368 g/mol. The van der Waals surface area contributed by atoms with E-state index in [-0.39, 0.29) is 23.3 Å². The molecule has 142 valence electrons. The number of anilines is 1. The lowest BCUT2D eigenvalue weighted by Crippen LogP contribution is -2.30. The van der Waals surface area contributed by atoms with Crippen molar-refractivity contribution in [3.8, 4) is 0 Å². The van der Waals surface area contributed by atoms with E-state index in [0.717, 1.165) is 0 Å². The summed E-state index contributed by atoms with van der Waals surface area (Å²) in [6, 6.07) is 12.6. The topological polar surface area (TPSA) is 102 Å². The zero-order valence-electron chi connectivity index (χ0n) is 14.9. The molecule has 2 aromatic rings. The van der Waals surface area contributed by atoms with Crippen LogP contribution in [0.4, 0.5) is 5.69 Å². The number of nitrogens with one attached hydrogen (secondary N) is 2. The standard InChI is InChI=1S/C19H20N2O5S/c1-12(2)21-27(24,25)14-9-7-13(8-10-14)20-18(22)11-17-15-5-3-4-6-16(15)19(23)26-17/h3-10,12,17,21H,11H2,1-2H3,(H,20,22). The van der Waals surface area contributed by atoms with Gasteiger partial charge in [-0.2, -0.15) is 0 Å². The third-order valence-corrected chi connectivity index (χ3v) is 5.66. The highest BCUT2D eigenvalue weighted by Crippen LogP contribution is 2.33. The van der Waals surface area contributed by atoms with Gasteiger partial charge in [-0.05, 0) is 44.2 Å². The van der Waals surface area contributed by atoms with Crippen LogP contribution in [0, 0.1) is 0 Å². The van der Waals surface area contributed by atoms with Crippen molar-refractivity contribution < 1.29 is 22.7 Å². The molecule has 1 amide bonds. The van der Waals surface area contributed by atoms with Crippen molar-refractivity contribution >= 4 is 27.6 Å². The second-order valence-electron chi connectivity index (χ2n) is 6.53. The summed E-state index contributed by atoms with van der Waals surface area (Å²) in [4.78, 5) is 24.2. The van der Waals surface area contributed by atoms with Gasteiger partial charge >= 0.3 is 5.97 Å². The highest BCUT2D eigenvalue weighted by molar-refractivity contribution is 7.89. The van der Waals surface area contributed by atoms with Crippen LogP contribution in [0.5, 0.6) is 0 Å². The van der Waals surface area contributed by atoms with Crippen molar-refractivity contribution in [1.29, 1.82) is 0 Å². The van der Waals surface area contributed by atoms with E-state index in [0.29, 0.717) is 16.8 Å². The first kappa shape index (κ1) is 19.1. The molecule has 27 heavy (non-hydrogen) atoms. The van der Waals surface area contributed by atoms with Gasteiger partial charge in [0.2, 0.25) is 15.9 Å². The minimum atomic E-state index is -3.58. The summed E-state index contributed by atoms with van der Waals surface area (Å²) in [7, 11) is -3.58. The Morgan fingerprint density at radius 3 is 2.44 bits per heavy atom. The van der Waals surface area contributed by atoms with E-state index in [9.17, 15) is 18.0 Å². The van der Waals surface area contributed by atoms with Crippen LogP contribution in [0.3, 0.4) is 0 Å². The van der Waals surface area contributed by atoms with Crippen molar-refractivity contribution in [1.82, 2.24) is 4.72 Å². The molecule has 1 aliphatic heterocycles. The summed E-state index contributed by atoms with van der Waals surface area (Å²) < 4.78 is 32.0. The fourth-order valence-electron chi connectivity index (χ4n) is 2.85. The van der Waals surface area contributed by atoms with E-state index in [4.69, 9.17) is 4.74 Å². The molecule has 2 N–H and O–H groups in total. The maximum atomic E-state index is 12.3. The molecule has 0 saturated heterocycles. The number of carbonyl (C=O) groups excluding carboxylic acids is 2. The van der Waals surface area contributed by atoms with Crippen molar-refractivity contribution in [2.24, 2.45) is 0 Å². The molecule has 2 aromatic carbocycles. The van der Waals surface area contributed by atoms with Gasteiger partial charge in [0, 0.05) is 17.3 Å². The van der Waals surface area contributed by atoms with Gasteiger partial charge in [-0.1, -0.05) is 18.2 Å². The summed E-state index contributed by atoms with van der Waals surface area (Å²) >= 11 is 0. The van der Waals surface area contributed by atoms with Crippen LogP contribution in [-0.4, -0.2) is 26.3 Å². The van der Waals surface area contributed by atoms with Crippen LogP contribution in [0.2, 0.25) is 0 Å². The predicted octanol–water partition coefficient (Wildman–Crippen LogP) is 2.61. The molecule has 1 unspecified atom stereocenters. The number of rotatable bonds is 6. The predicted molar refractivity (Wildman–Crippen MR) is 99.7 cm³/mol. The number of sulfonamides is 1. The van der Waals surface area contributed by atoms with E-state index in [1.165, 1.54) is 24.3 Å². The number of ether oxygens (including phenoxy) is 1. The second-order valence-corrected chi connectivity index (χ2v) is 8.25. The fraction of sp³-hybridized carbons (Fsp3) is 0.263. The molecule has 0 fully saturated rings. The lowest BCUT2D eigenvalue weighted by molar-refractivity contribution is -0.118. The maximum Gasteiger partial charge on any atom is 0.339 e. The number of esters is 1. The summed E-state index contributed by atoms with van der Waals surface area (Å²) in [5, 5.41) is 2.69. The second kappa shape index (κ2) is 7.50. The molecule has 0 saturated carbocycles. The van der Waals surface area contributed by atoms with E-state index in [2.05, 4.69) is 10.0 Å². The van der Waals surface area contributed by atoms with Crippen molar-refractivity contribution in [3.63, 3.8) is 0 Å². The van der Waals surface area contributed by atoms with Gasteiger partial charge in [-0.25, -0.2) is 17.9 Å². The quantitative estimate of drug-likeness (QED) is 0.741. The van der Waals surface area contributed by atoms with Gasteiger partial charge in [0.25, 0.3) is 0 Å². The first-order valence-electron chi connectivity index (χ1n) is 8.48. The lowest BCUT2D eigenvalue weighted by atomic mass is 10.0. The summed E-state index contributed by atoms with van der Waals surface area (Å²) in [5.74, 6) is -0.768. The molecule has 7 nitrogen and oxygen atoms in total. The number of cyclic esters (lactones) is 1. The molecular formula is C19H20N2O5S. The Kier molecular flexibility index (Phi) is 5.29. The number of amides is 1. The fourth-order valence-corrected chi connectivity index (χ4v) is 4.10. The molecule has 1 aliphatic rings.